The molecule has 9 heavy (non-hydrogen) atoms. The van der Waals surface area contributed by atoms with Gasteiger partial charge in [-0.2, -0.15) is 5.48 Å². The Bertz CT molecular complexity index is 60.0. The third-order valence-corrected chi connectivity index (χ3v) is 0.528. The number of hydroxylamine groups is 1. The second kappa shape index (κ2) is 4.64. The van der Waals surface area contributed by atoms with Crippen LogP contribution in [0.15, 0.2) is 0 Å². The molecular formula is C5H11F2NO. The zero-order valence-corrected chi connectivity index (χ0v) is 5.53. The van der Waals surface area contributed by atoms with Gasteiger partial charge in [-0.25, -0.2) is 8.78 Å². The zero-order valence-electron chi connectivity index (χ0n) is 5.53. The summed E-state index contributed by atoms with van der Waals surface area (Å²) >= 11 is 0. The molecular weight excluding hydrogens is 128 g/mol. The molecule has 4 heteroatoms. The number of halogens is 2. The van der Waals surface area contributed by atoms with Crippen LogP contribution in [-0.4, -0.2) is 19.1 Å². The van der Waals surface area contributed by atoms with Crippen LogP contribution < -0.4 is 5.48 Å². The van der Waals surface area contributed by atoms with E-state index in [1.54, 1.807) is 0 Å². The highest BCUT2D eigenvalue weighted by molar-refractivity contribution is 4.39. The predicted octanol–water partition coefficient (Wildman–Crippen LogP) is 1.18. The topological polar surface area (TPSA) is 21.3 Å². The second-order valence-electron chi connectivity index (χ2n) is 1.97. The second-order valence-corrected chi connectivity index (χ2v) is 1.97. The van der Waals surface area contributed by atoms with Crippen LogP contribution in [0.5, 0.6) is 0 Å². The molecule has 0 bridgehead atoms. The summed E-state index contributed by atoms with van der Waals surface area (Å²) in [7, 11) is 0. The highest BCUT2D eigenvalue weighted by Crippen LogP contribution is 1.90. The molecule has 0 unspecified atom stereocenters. The molecule has 0 aliphatic heterocycles. The van der Waals surface area contributed by atoms with Crippen molar-refractivity contribution in [2.75, 3.05) is 6.61 Å². The Balaban J connectivity index is 2.91. The summed E-state index contributed by atoms with van der Waals surface area (Å²) in [5, 5.41) is 0. The number of rotatable bonds is 4. The molecule has 0 aliphatic carbocycles. The van der Waals surface area contributed by atoms with E-state index >= 15 is 0 Å². The van der Waals surface area contributed by atoms with Crippen molar-refractivity contribution >= 4 is 0 Å². The Labute approximate surface area is 53.1 Å². The fourth-order valence-corrected chi connectivity index (χ4v) is 0.278. The van der Waals surface area contributed by atoms with Gasteiger partial charge in [0.25, 0.3) is 6.43 Å². The first kappa shape index (κ1) is 8.78. The van der Waals surface area contributed by atoms with E-state index in [1.807, 2.05) is 13.8 Å². The fourth-order valence-electron chi connectivity index (χ4n) is 0.278. The van der Waals surface area contributed by atoms with Crippen molar-refractivity contribution in [3.05, 3.63) is 0 Å². The van der Waals surface area contributed by atoms with E-state index in [1.165, 1.54) is 0 Å². The molecule has 0 spiro atoms. The molecule has 0 aliphatic rings. The van der Waals surface area contributed by atoms with Gasteiger partial charge in [0.15, 0.2) is 0 Å². The maximum absolute atomic E-state index is 11.3. The van der Waals surface area contributed by atoms with Gasteiger partial charge in [-0.3, -0.25) is 4.84 Å². The van der Waals surface area contributed by atoms with Crippen molar-refractivity contribution in [2.45, 2.75) is 26.3 Å². The summed E-state index contributed by atoms with van der Waals surface area (Å²) in [5.74, 6) is 0. The Morgan fingerprint density at radius 3 is 2.33 bits per heavy atom. The van der Waals surface area contributed by atoms with Crippen molar-refractivity contribution in [1.29, 1.82) is 0 Å². The lowest BCUT2D eigenvalue weighted by Crippen LogP contribution is -2.25. The van der Waals surface area contributed by atoms with Gasteiger partial charge in [-0.1, -0.05) is 0 Å². The molecule has 0 aromatic heterocycles. The smallest absolute Gasteiger partial charge is 0.263 e. The standard InChI is InChI=1S/C5H11F2NO/c1-4(2)8-9-3-5(6)7/h4-5,8H,3H2,1-2H3. The maximum Gasteiger partial charge on any atom is 0.263 e. The van der Waals surface area contributed by atoms with Gasteiger partial charge in [0, 0.05) is 6.04 Å². The van der Waals surface area contributed by atoms with Crippen molar-refractivity contribution in [1.82, 2.24) is 5.48 Å². The number of hydrogen-bond acceptors (Lipinski definition) is 2. The van der Waals surface area contributed by atoms with Gasteiger partial charge < -0.3 is 0 Å². The first-order valence-corrected chi connectivity index (χ1v) is 2.78. The number of nitrogens with one attached hydrogen (secondary N) is 1. The zero-order chi connectivity index (χ0) is 7.28. The highest BCUT2D eigenvalue weighted by Gasteiger charge is 2.01. The molecule has 0 saturated carbocycles. The van der Waals surface area contributed by atoms with Crippen molar-refractivity contribution < 1.29 is 13.6 Å². The van der Waals surface area contributed by atoms with Gasteiger partial charge in [0.1, 0.15) is 6.61 Å². The molecule has 0 atom stereocenters. The van der Waals surface area contributed by atoms with E-state index in [0.717, 1.165) is 0 Å². The molecule has 0 fully saturated rings. The van der Waals surface area contributed by atoms with Crippen molar-refractivity contribution in [3.8, 4) is 0 Å². The van der Waals surface area contributed by atoms with Crippen molar-refractivity contribution in [3.63, 3.8) is 0 Å². The molecule has 0 rings (SSSR count). The van der Waals surface area contributed by atoms with Crippen LogP contribution in [0.25, 0.3) is 0 Å². The van der Waals surface area contributed by atoms with Crippen LogP contribution in [0.2, 0.25) is 0 Å². The summed E-state index contributed by atoms with van der Waals surface area (Å²) in [5.41, 5.74) is 2.40. The minimum absolute atomic E-state index is 0.0868. The van der Waals surface area contributed by atoms with Crippen LogP contribution in [0.3, 0.4) is 0 Å². The van der Waals surface area contributed by atoms with E-state index in [4.69, 9.17) is 0 Å². The Morgan fingerprint density at radius 2 is 2.00 bits per heavy atom. The van der Waals surface area contributed by atoms with Crippen molar-refractivity contribution in [2.24, 2.45) is 0 Å². The molecule has 0 radical (unpaired) electrons. The summed E-state index contributed by atoms with van der Waals surface area (Å²) in [6.07, 6.45) is -2.39. The van der Waals surface area contributed by atoms with Crippen LogP contribution in [0, 0.1) is 0 Å². The number of alkyl halides is 2. The summed E-state index contributed by atoms with van der Waals surface area (Å²) < 4.78 is 22.6. The van der Waals surface area contributed by atoms with Gasteiger partial charge in [0.05, 0.1) is 0 Å². The molecule has 0 aromatic rings. The van der Waals surface area contributed by atoms with Crippen LogP contribution in [0.4, 0.5) is 8.78 Å². The van der Waals surface area contributed by atoms with Gasteiger partial charge in [-0.05, 0) is 13.8 Å². The average molecular weight is 139 g/mol. The van der Waals surface area contributed by atoms with E-state index in [0.29, 0.717) is 0 Å². The normalized spacial score (nSPS) is 11.3. The van der Waals surface area contributed by atoms with Crippen LogP contribution in [0.1, 0.15) is 13.8 Å². The maximum atomic E-state index is 11.3. The van der Waals surface area contributed by atoms with Gasteiger partial charge in [0.2, 0.25) is 0 Å². The minimum Gasteiger partial charge on any atom is -0.296 e. The Kier molecular flexibility index (Phi) is 4.53. The Morgan fingerprint density at radius 1 is 1.44 bits per heavy atom. The quantitative estimate of drug-likeness (QED) is 0.590. The largest absolute Gasteiger partial charge is 0.296 e. The minimum atomic E-state index is -2.39. The summed E-state index contributed by atoms with van der Waals surface area (Å²) in [6, 6.07) is 0.0868. The average Bonchev–Trinajstić information content (AvgIpc) is 1.63. The summed E-state index contributed by atoms with van der Waals surface area (Å²) in [4.78, 5) is 4.36. The van der Waals surface area contributed by atoms with E-state index < -0.39 is 13.0 Å². The third-order valence-electron chi connectivity index (χ3n) is 0.528. The third kappa shape index (κ3) is 7.78. The van der Waals surface area contributed by atoms with E-state index in [-0.39, 0.29) is 6.04 Å². The van der Waals surface area contributed by atoms with Crippen LogP contribution >= 0.6 is 0 Å². The van der Waals surface area contributed by atoms with E-state index in [2.05, 4.69) is 10.3 Å². The first-order chi connectivity index (χ1) is 4.13. The van der Waals surface area contributed by atoms with Gasteiger partial charge in [-0.15, -0.1) is 0 Å². The lowest BCUT2D eigenvalue weighted by molar-refractivity contribution is -0.0429. The molecule has 0 heterocycles. The van der Waals surface area contributed by atoms with E-state index in [9.17, 15) is 8.78 Å². The molecule has 0 saturated heterocycles. The molecule has 1 N–H and O–H groups in total. The lowest BCUT2D eigenvalue weighted by Gasteiger charge is -2.06. The van der Waals surface area contributed by atoms with Gasteiger partial charge >= 0.3 is 0 Å². The molecule has 56 valence electrons. The lowest BCUT2D eigenvalue weighted by atomic mass is 10.4. The highest BCUT2D eigenvalue weighted by atomic mass is 19.3. The fraction of sp³-hybridized carbons (Fsp3) is 1.00. The monoisotopic (exact) mass is 139 g/mol. The molecule has 0 aromatic carbocycles. The number of hydrogen-bond donors (Lipinski definition) is 1. The molecule has 0 amide bonds. The first-order valence-electron chi connectivity index (χ1n) is 2.78. The summed E-state index contributed by atoms with van der Waals surface area (Å²) in [6.45, 7) is 3.08. The molecule has 2 nitrogen and oxygen atoms in total. The Hall–Kier alpha value is -0.220. The predicted molar refractivity (Wildman–Crippen MR) is 30.2 cm³/mol. The van der Waals surface area contributed by atoms with Crippen LogP contribution in [-0.2, 0) is 4.84 Å². The SMILES string of the molecule is CC(C)NOCC(F)F.